The van der Waals surface area contributed by atoms with Gasteiger partial charge in [0.2, 0.25) is 0 Å². The minimum Gasteiger partial charge on any atom is -0.325 e. The Morgan fingerprint density at radius 1 is 1.17 bits per heavy atom. The molecule has 6 heteroatoms. The lowest BCUT2D eigenvalue weighted by Crippen LogP contribution is -2.15. The van der Waals surface area contributed by atoms with Gasteiger partial charge in [-0.3, -0.25) is 4.79 Å². The molecule has 0 aliphatic heterocycles. The van der Waals surface area contributed by atoms with E-state index in [0.717, 1.165) is 17.1 Å². The number of pyridine rings is 1. The molecule has 3 aromatic rings. The minimum atomic E-state index is -0.257. The molecule has 1 aromatic carbocycles. The lowest BCUT2D eigenvalue weighted by atomic mass is 10.2. The van der Waals surface area contributed by atoms with E-state index >= 15 is 0 Å². The van der Waals surface area contributed by atoms with E-state index in [0.29, 0.717) is 23.6 Å². The maximum atomic E-state index is 12.3. The quantitative estimate of drug-likeness (QED) is 0.773. The molecule has 122 valence electrons. The molecule has 0 spiro atoms. The normalized spacial score (nSPS) is 10.6. The van der Waals surface area contributed by atoms with Crippen molar-refractivity contribution in [2.75, 3.05) is 5.32 Å². The number of nitrogens with one attached hydrogen (secondary N) is 1. The zero-order chi connectivity index (χ0) is 17.1. The van der Waals surface area contributed by atoms with Crippen LogP contribution in [0.4, 0.5) is 5.69 Å². The van der Waals surface area contributed by atoms with Crippen LogP contribution in [0.2, 0.25) is 0 Å². The van der Waals surface area contributed by atoms with Gasteiger partial charge in [-0.05, 0) is 50.2 Å². The molecule has 0 radical (unpaired) electrons. The fourth-order valence-electron chi connectivity index (χ4n) is 2.38. The molecule has 0 fully saturated rings. The number of carbonyl (C=O) groups is 1. The zero-order valence-electron chi connectivity index (χ0n) is 13.7. The summed E-state index contributed by atoms with van der Waals surface area (Å²) in [6.07, 6.45) is 1.79. The van der Waals surface area contributed by atoms with Crippen LogP contribution in [0.25, 0.3) is 5.69 Å². The van der Waals surface area contributed by atoms with Crippen molar-refractivity contribution >= 4 is 11.6 Å². The Morgan fingerprint density at radius 3 is 2.54 bits per heavy atom. The standard InChI is InChI=1S/C18H19N5O/c1-12-13(2)23(11-20-12)16-8-6-14(7-9-16)22-18(24)17-5-3-4-15(10-19)21-17/h3-9,11H,10,19H2,1-2H3,(H,22,24). The third-order valence-electron chi connectivity index (χ3n) is 3.90. The Kier molecular flexibility index (Phi) is 4.39. The summed E-state index contributed by atoms with van der Waals surface area (Å²) in [5.74, 6) is -0.257. The number of nitrogens with two attached hydrogens (primary N) is 1. The molecule has 2 aromatic heterocycles. The molecule has 0 aliphatic carbocycles. The molecule has 1 amide bonds. The number of nitrogens with zero attached hydrogens (tertiary/aromatic N) is 3. The van der Waals surface area contributed by atoms with Gasteiger partial charge in [0.05, 0.1) is 17.7 Å². The van der Waals surface area contributed by atoms with Gasteiger partial charge in [0.25, 0.3) is 5.91 Å². The Balaban J connectivity index is 1.76. The fourth-order valence-corrected chi connectivity index (χ4v) is 2.38. The first kappa shape index (κ1) is 15.9. The van der Waals surface area contributed by atoms with Crippen LogP contribution >= 0.6 is 0 Å². The first-order chi connectivity index (χ1) is 11.6. The number of benzene rings is 1. The number of aromatic nitrogens is 3. The molecule has 24 heavy (non-hydrogen) atoms. The van der Waals surface area contributed by atoms with Gasteiger partial charge in [-0.25, -0.2) is 9.97 Å². The van der Waals surface area contributed by atoms with Crippen LogP contribution in [0.5, 0.6) is 0 Å². The van der Waals surface area contributed by atoms with Crippen molar-refractivity contribution in [1.82, 2.24) is 14.5 Å². The SMILES string of the molecule is Cc1ncn(-c2ccc(NC(=O)c3cccc(CN)n3)cc2)c1C. The predicted octanol–water partition coefficient (Wildman–Crippen LogP) is 2.60. The van der Waals surface area contributed by atoms with Crippen LogP contribution in [0.1, 0.15) is 27.6 Å². The average Bonchev–Trinajstić information content (AvgIpc) is 2.95. The number of imidazole rings is 1. The van der Waals surface area contributed by atoms with Crippen LogP contribution in [-0.4, -0.2) is 20.4 Å². The van der Waals surface area contributed by atoms with Gasteiger partial charge in [-0.15, -0.1) is 0 Å². The number of carbonyl (C=O) groups excluding carboxylic acids is 1. The number of aryl methyl sites for hydroxylation is 1. The summed E-state index contributed by atoms with van der Waals surface area (Å²) in [4.78, 5) is 20.8. The van der Waals surface area contributed by atoms with Crippen LogP contribution in [0.3, 0.4) is 0 Å². The van der Waals surface area contributed by atoms with Crippen LogP contribution in [0.15, 0.2) is 48.8 Å². The van der Waals surface area contributed by atoms with E-state index in [1.807, 2.05) is 42.7 Å². The van der Waals surface area contributed by atoms with E-state index in [1.165, 1.54) is 0 Å². The van der Waals surface area contributed by atoms with Crippen molar-refractivity contribution in [3.63, 3.8) is 0 Å². The summed E-state index contributed by atoms with van der Waals surface area (Å²) < 4.78 is 2.01. The summed E-state index contributed by atoms with van der Waals surface area (Å²) in [5.41, 5.74) is 10.4. The van der Waals surface area contributed by atoms with E-state index in [9.17, 15) is 4.79 Å². The number of rotatable bonds is 4. The largest absolute Gasteiger partial charge is 0.325 e. The molecule has 6 nitrogen and oxygen atoms in total. The van der Waals surface area contributed by atoms with Gasteiger partial charge in [0.15, 0.2) is 0 Å². The molecule has 0 saturated heterocycles. The minimum absolute atomic E-state index is 0.257. The summed E-state index contributed by atoms with van der Waals surface area (Å²) >= 11 is 0. The third-order valence-corrected chi connectivity index (χ3v) is 3.90. The topological polar surface area (TPSA) is 85.8 Å². The molecular weight excluding hydrogens is 302 g/mol. The van der Waals surface area contributed by atoms with Gasteiger partial charge < -0.3 is 15.6 Å². The van der Waals surface area contributed by atoms with E-state index in [1.54, 1.807) is 24.5 Å². The van der Waals surface area contributed by atoms with E-state index in [4.69, 9.17) is 5.73 Å². The van der Waals surface area contributed by atoms with Gasteiger partial charge >= 0.3 is 0 Å². The Hall–Kier alpha value is -2.99. The first-order valence-electron chi connectivity index (χ1n) is 7.67. The highest BCUT2D eigenvalue weighted by Crippen LogP contribution is 2.17. The predicted molar refractivity (Wildman–Crippen MR) is 93.1 cm³/mol. The Labute approximate surface area is 140 Å². The summed E-state index contributed by atoms with van der Waals surface area (Å²) in [5, 5.41) is 2.84. The highest BCUT2D eigenvalue weighted by Gasteiger charge is 2.09. The molecule has 0 saturated carbocycles. The number of amides is 1. The van der Waals surface area contributed by atoms with Crippen LogP contribution < -0.4 is 11.1 Å². The number of hydrogen-bond donors (Lipinski definition) is 2. The van der Waals surface area contributed by atoms with Gasteiger partial charge in [0.1, 0.15) is 5.69 Å². The second-order valence-corrected chi connectivity index (χ2v) is 5.50. The lowest BCUT2D eigenvalue weighted by molar-refractivity contribution is 0.102. The summed E-state index contributed by atoms with van der Waals surface area (Å²) in [7, 11) is 0. The second kappa shape index (κ2) is 6.64. The van der Waals surface area contributed by atoms with Crippen molar-refractivity contribution in [2.24, 2.45) is 5.73 Å². The molecule has 3 N–H and O–H groups in total. The van der Waals surface area contributed by atoms with Gasteiger partial charge in [0, 0.05) is 23.6 Å². The van der Waals surface area contributed by atoms with Gasteiger partial charge in [-0.1, -0.05) is 6.07 Å². The molecule has 0 unspecified atom stereocenters. The van der Waals surface area contributed by atoms with E-state index < -0.39 is 0 Å². The fraction of sp³-hybridized carbons (Fsp3) is 0.167. The summed E-state index contributed by atoms with van der Waals surface area (Å²) in [6, 6.07) is 12.8. The van der Waals surface area contributed by atoms with Crippen molar-refractivity contribution in [2.45, 2.75) is 20.4 Å². The van der Waals surface area contributed by atoms with Gasteiger partial charge in [-0.2, -0.15) is 0 Å². The van der Waals surface area contributed by atoms with Crippen molar-refractivity contribution < 1.29 is 4.79 Å². The second-order valence-electron chi connectivity index (χ2n) is 5.50. The highest BCUT2D eigenvalue weighted by molar-refractivity contribution is 6.02. The molecule has 0 aliphatic rings. The lowest BCUT2D eigenvalue weighted by Gasteiger charge is -2.09. The molecule has 3 rings (SSSR count). The van der Waals surface area contributed by atoms with Crippen molar-refractivity contribution in [1.29, 1.82) is 0 Å². The Morgan fingerprint density at radius 2 is 1.92 bits per heavy atom. The maximum absolute atomic E-state index is 12.3. The summed E-state index contributed by atoms with van der Waals surface area (Å²) in [6.45, 7) is 4.30. The first-order valence-corrected chi connectivity index (χ1v) is 7.67. The molecule has 2 heterocycles. The monoisotopic (exact) mass is 321 g/mol. The highest BCUT2D eigenvalue weighted by atomic mass is 16.1. The zero-order valence-corrected chi connectivity index (χ0v) is 13.7. The van der Waals surface area contributed by atoms with Crippen molar-refractivity contribution in [3.05, 3.63) is 71.6 Å². The van der Waals surface area contributed by atoms with Crippen LogP contribution in [0, 0.1) is 13.8 Å². The molecule has 0 bridgehead atoms. The number of anilines is 1. The maximum Gasteiger partial charge on any atom is 0.274 e. The third kappa shape index (κ3) is 3.18. The van der Waals surface area contributed by atoms with E-state index in [2.05, 4.69) is 15.3 Å². The molecule has 0 atom stereocenters. The number of hydrogen-bond acceptors (Lipinski definition) is 4. The van der Waals surface area contributed by atoms with Crippen LogP contribution in [-0.2, 0) is 6.54 Å². The van der Waals surface area contributed by atoms with E-state index in [-0.39, 0.29) is 5.91 Å². The van der Waals surface area contributed by atoms with Crippen molar-refractivity contribution in [3.8, 4) is 5.69 Å². The molecular formula is C18H19N5O. The smallest absolute Gasteiger partial charge is 0.274 e. The average molecular weight is 321 g/mol. The Bertz CT molecular complexity index is 867.